The van der Waals surface area contributed by atoms with Crippen LogP contribution in [0.1, 0.15) is 29.8 Å². The molecule has 0 aromatic heterocycles. The molecule has 5 heteroatoms. The van der Waals surface area contributed by atoms with Crippen LogP contribution in [-0.4, -0.2) is 23.5 Å². The number of benzene rings is 1. The van der Waals surface area contributed by atoms with Crippen molar-refractivity contribution in [3.8, 4) is 0 Å². The highest BCUT2D eigenvalue weighted by molar-refractivity contribution is 7.99. The van der Waals surface area contributed by atoms with Gasteiger partial charge >= 0.3 is 0 Å². The van der Waals surface area contributed by atoms with Gasteiger partial charge < -0.3 is 11.1 Å². The molecule has 0 atom stereocenters. The molecule has 0 radical (unpaired) electrons. The highest BCUT2D eigenvalue weighted by atomic mass is 32.2. The van der Waals surface area contributed by atoms with Crippen LogP contribution in [0.15, 0.2) is 18.2 Å². The Balaban J connectivity index is 2.67. The van der Waals surface area contributed by atoms with Gasteiger partial charge in [0.25, 0.3) is 0 Å². The number of nitrogens with one attached hydrogen (secondary N) is 1. The van der Waals surface area contributed by atoms with Crippen LogP contribution < -0.4 is 11.1 Å². The first-order valence-electron chi connectivity index (χ1n) is 5.70. The fourth-order valence-corrected chi connectivity index (χ4v) is 1.68. The summed E-state index contributed by atoms with van der Waals surface area (Å²) >= 11 is 1.74. The Morgan fingerprint density at radius 2 is 2.17 bits per heavy atom. The summed E-state index contributed by atoms with van der Waals surface area (Å²) in [5.74, 6) is -0.866. The van der Waals surface area contributed by atoms with Crippen molar-refractivity contribution >= 4 is 17.7 Å². The minimum Gasteiger partial charge on any atom is -0.366 e. The van der Waals surface area contributed by atoms with E-state index in [2.05, 4.69) is 19.2 Å². The van der Waals surface area contributed by atoms with Crippen LogP contribution in [0.4, 0.5) is 4.39 Å². The van der Waals surface area contributed by atoms with Crippen LogP contribution in [0.5, 0.6) is 0 Å². The van der Waals surface area contributed by atoms with E-state index in [-0.39, 0.29) is 10.6 Å². The molecular formula is C13H19FN2OS. The van der Waals surface area contributed by atoms with E-state index in [1.807, 2.05) is 6.26 Å². The molecule has 0 saturated heterocycles. The van der Waals surface area contributed by atoms with Crippen LogP contribution in [-0.2, 0) is 6.54 Å². The zero-order valence-electron chi connectivity index (χ0n) is 10.9. The minimum absolute atomic E-state index is 0.0950. The summed E-state index contributed by atoms with van der Waals surface area (Å²) in [6.45, 7) is 5.37. The van der Waals surface area contributed by atoms with Crippen molar-refractivity contribution in [1.82, 2.24) is 5.32 Å². The number of primary amides is 1. The van der Waals surface area contributed by atoms with Crippen LogP contribution in [0.2, 0.25) is 0 Å². The SMILES string of the molecule is CSC(C)(C)CNCc1cc(C(N)=O)ccc1F. The van der Waals surface area contributed by atoms with Gasteiger partial charge in [-0.2, -0.15) is 11.8 Å². The third-order valence-electron chi connectivity index (χ3n) is 2.75. The van der Waals surface area contributed by atoms with Gasteiger partial charge in [-0.15, -0.1) is 0 Å². The lowest BCUT2D eigenvalue weighted by atomic mass is 10.1. The molecule has 100 valence electrons. The number of nitrogens with two attached hydrogens (primary N) is 1. The van der Waals surface area contributed by atoms with E-state index >= 15 is 0 Å². The number of rotatable bonds is 6. The second kappa shape index (κ2) is 6.20. The van der Waals surface area contributed by atoms with Gasteiger partial charge in [0.2, 0.25) is 5.91 Å². The molecule has 1 rings (SSSR count). The Labute approximate surface area is 111 Å². The fraction of sp³-hybridized carbons (Fsp3) is 0.462. The predicted octanol–water partition coefficient (Wildman–Crippen LogP) is 2.16. The molecule has 0 heterocycles. The van der Waals surface area contributed by atoms with Gasteiger partial charge in [-0.05, 0) is 38.3 Å². The number of amides is 1. The lowest BCUT2D eigenvalue weighted by Crippen LogP contribution is -2.31. The molecule has 1 amide bonds. The van der Waals surface area contributed by atoms with Gasteiger partial charge in [-0.25, -0.2) is 4.39 Å². The Morgan fingerprint density at radius 1 is 1.50 bits per heavy atom. The smallest absolute Gasteiger partial charge is 0.248 e. The lowest BCUT2D eigenvalue weighted by Gasteiger charge is -2.22. The average Bonchev–Trinajstić information content (AvgIpc) is 2.31. The summed E-state index contributed by atoms with van der Waals surface area (Å²) in [5, 5.41) is 3.19. The third-order valence-corrected chi connectivity index (χ3v) is 4.00. The first kappa shape index (κ1) is 15.0. The van der Waals surface area contributed by atoms with Gasteiger partial charge in [0.15, 0.2) is 0 Å². The normalized spacial score (nSPS) is 11.6. The summed E-state index contributed by atoms with van der Waals surface area (Å²) in [6, 6.07) is 4.17. The topological polar surface area (TPSA) is 55.1 Å². The van der Waals surface area contributed by atoms with Crippen molar-refractivity contribution in [2.45, 2.75) is 25.1 Å². The first-order chi connectivity index (χ1) is 8.35. The van der Waals surface area contributed by atoms with E-state index < -0.39 is 5.91 Å². The van der Waals surface area contributed by atoms with Crippen molar-refractivity contribution in [2.75, 3.05) is 12.8 Å². The molecule has 0 saturated carbocycles. The van der Waals surface area contributed by atoms with Crippen molar-refractivity contribution in [3.05, 3.63) is 35.1 Å². The molecule has 3 nitrogen and oxygen atoms in total. The number of carbonyl (C=O) groups excluding carboxylic acids is 1. The number of thioether (sulfide) groups is 1. The first-order valence-corrected chi connectivity index (χ1v) is 6.92. The van der Waals surface area contributed by atoms with E-state index in [0.29, 0.717) is 17.7 Å². The molecule has 18 heavy (non-hydrogen) atoms. The monoisotopic (exact) mass is 270 g/mol. The van der Waals surface area contributed by atoms with Gasteiger partial charge in [0, 0.05) is 29.0 Å². The number of halogens is 1. The van der Waals surface area contributed by atoms with Crippen LogP contribution in [0.3, 0.4) is 0 Å². The maximum Gasteiger partial charge on any atom is 0.248 e. The second-order valence-electron chi connectivity index (χ2n) is 4.74. The van der Waals surface area contributed by atoms with Gasteiger partial charge in [0.05, 0.1) is 0 Å². The highest BCUT2D eigenvalue weighted by Crippen LogP contribution is 2.20. The van der Waals surface area contributed by atoms with Crippen molar-refractivity contribution in [3.63, 3.8) is 0 Å². The van der Waals surface area contributed by atoms with Crippen molar-refractivity contribution in [2.24, 2.45) is 5.73 Å². The molecule has 1 aromatic carbocycles. The summed E-state index contributed by atoms with van der Waals surface area (Å²) in [6.07, 6.45) is 2.04. The third kappa shape index (κ3) is 4.31. The van der Waals surface area contributed by atoms with Gasteiger partial charge in [-0.1, -0.05) is 0 Å². The summed E-state index contributed by atoms with van der Waals surface area (Å²) in [7, 11) is 0. The molecule has 0 fully saturated rings. The summed E-state index contributed by atoms with van der Waals surface area (Å²) in [5.41, 5.74) is 5.96. The van der Waals surface area contributed by atoms with Crippen LogP contribution >= 0.6 is 11.8 Å². The molecule has 0 spiro atoms. The van der Waals surface area contributed by atoms with E-state index in [0.717, 1.165) is 6.54 Å². The zero-order chi connectivity index (χ0) is 13.8. The number of carbonyl (C=O) groups is 1. The van der Waals surface area contributed by atoms with Crippen LogP contribution in [0.25, 0.3) is 0 Å². The van der Waals surface area contributed by atoms with Crippen LogP contribution in [0, 0.1) is 5.82 Å². The molecular weight excluding hydrogens is 251 g/mol. The van der Waals surface area contributed by atoms with Gasteiger partial charge in [0.1, 0.15) is 5.82 Å². The average molecular weight is 270 g/mol. The van der Waals surface area contributed by atoms with Crippen molar-refractivity contribution in [1.29, 1.82) is 0 Å². The molecule has 0 unspecified atom stereocenters. The quantitative estimate of drug-likeness (QED) is 0.833. The molecule has 3 N–H and O–H groups in total. The highest BCUT2D eigenvalue weighted by Gasteiger charge is 2.15. The minimum atomic E-state index is -0.541. The molecule has 1 aromatic rings. The summed E-state index contributed by atoms with van der Waals surface area (Å²) < 4.78 is 13.6. The Bertz CT molecular complexity index is 435. The number of hydrogen-bond donors (Lipinski definition) is 2. The van der Waals surface area contributed by atoms with E-state index in [9.17, 15) is 9.18 Å². The zero-order valence-corrected chi connectivity index (χ0v) is 11.7. The molecule has 0 aliphatic rings. The predicted molar refractivity (Wildman–Crippen MR) is 74.2 cm³/mol. The second-order valence-corrected chi connectivity index (χ2v) is 6.25. The van der Waals surface area contributed by atoms with Crippen molar-refractivity contribution < 1.29 is 9.18 Å². The maximum absolute atomic E-state index is 13.5. The molecule has 0 aliphatic heterocycles. The Kier molecular flexibility index (Phi) is 5.16. The Morgan fingerprint density at radius 3 is 2.72 bits per heavy atom. The summed E-state index contributed by atoms with van der Waals surface area (Å²) in [4.78, 5) is 11.0. The fourth-order valence-electron chi connectivity index (χ4n) is 1.43. The molecule has 0 bridgehead atoms. The molecule has 0 aliphatic carbocycles. The lowest BCUT2D eigenvalue weighted by molar-refractivity contribution is 0.1000. The largest absolute Gasteiger partial charge is 0.366 e. The van der Waals surface area contributed by atoms with E-state index in [4.69, 9.17) is 5.73 Å². The van der Waals surface area contributed by atoms with E-state index in [1.165, 1.54) is 18.2 Å². The van der Waals surface area contributed by atoms with Gasteiger partial charge in [-0.3, -0.25) is 4.79 Å². The standard InChI is InChI=1S/C13H19FN2OS/c1-13(2,18-3)8-16-7-10-6-9(12(15)17)4-5-11(10)14/h4-6,16H,7-8H2,1-3H3,(H2,15,17). The van der Waals surface area contributed by atoms with E-state index in [1.54, 1.807) is 11.8 Å². The number of hydrogen-bond acceptors (Lipinski definition) is 3. The maximum atomic E-state index is 13.5. The Hall–Kier alpha value is -1.07.